The number of amides is 1. The molecule has 1 unspecified atom stereocenters. The van der Waals surface area contributed by atoms with Gasteiger partial charge in [0.25, 0.3) is 0 Å². The highest BCUT2D eigenvalue weighted by molar-refractivity contribution is 5.90. The number of benzene rings is 1. The third kappa shape index (κ3) is 5.24. The van der Waals surface area contributed by atoms with Crippen LogP contribution in [0.4, 0.5) is 17.2 Å². The number of hydrogen-bond donors (Lipinski definition) is 3. The van der Waals surface area contributed by atoms with E-state index in [-0.39, 0.29) is 11.9 Å². The van der Waals surface area contributed by atoms with E-state index < -0.39 is 0 Å². The minimum Gasteiger partial charge on any atom is -0.340 e. The molecule has 4 N–H and O–H groups in total. The van der Waals surface area contributed by atoms with Crippen molar-refractivity contribution in [3.63, 3.8) is 0 Å². The van der Waals surface area contributed by atoms with Gasteiger partial charge in [-0.25, -0.2) is 4.98 Å². The lowest BCUT2D eigenvalue weighted by Gasteiger charge is -2.08. The van der Waals surface area contributed by atoms with Gasteiger partial charge in [0.2, 0.25) is 5.91 Å². The fourth-order valence-electron chi connectivity index (χ4n) is 1.79. The molecule has 110 valence electrons. The number of nitrogens with zero attached hydrogens (tertiary/aromatic N) is 1. The molecule has 0 spiro atoms. The molecule has 1 aromatic carbocycles. The number of hydrogen-bond acceptors (Lipinski definition) is 4. The first kappa shape index (κ1) is 15.0. The van der Waals surface area contributed by atoms with Gasteiger partial charge in [-0.05, 0) is 37.6 Å². The number of carbonyl (C=O) groups excluding carboxylic acids is 1. The van der Waals surface area contributed by atoms with E-state index >= 15 is 0 Å². The van der Waals surface area contributed by atoms with Gasteiger partial charge >= 0.3 is 0 Å². The van der Waals surface area contributed by atoms with Gasteiger partial charge in [-0.1, -0.05) is 18.2 Å². The van der Waals surface area contributed by atoms with Gasteiger partial charge < -0.3 is 16.4 Å². The van der Waals surface area contributed by atoms with Crippen molar-refractivity contribution in [3.8, 4) is 0 Å². The number of aromatic nitrogens is 1. The minimum atomic E-state index is -0.0436. The first-order valence-corrected chi connectivity index (χ1v) is 6.97. The molecule has 0 saturated carbocycles. The normalized spacial score (nSPS) is 11.7. The Labute approximate surface area is 124 Å². The second-order valence-corrected chi connectivity index (χ2v) is 4.99. The highest BCUT2D eigenvalue weighted by Gasteiger charge is 2.04. The predicted molar refractivity (Wildman–Crippen MR) is 85.5 cm³/mol. The summed E-state index contributed by atoms with van der Waals surface area (Å²) in [5, 5.41) is 5.99. The Morgan fingerprint density at radius 2 is 1.95 bits per heavy atom. The second-order valence-electron chi connectivity index (χ2n) is 4.99. The molecule has 2 rings (SSSR count). The topological polar surface area (TPSA) is 80.0 Å². The molecule has 0 bridgehead atoms. The van der Waals surface area contributed by atoms with Gasteiger partial charge in [-0.3, -0.25) is 4.79 Å². The van der Waals surface area contributed by atoms with Crippen LogP contribution in [0.15, 0.2) is 48.7 Å². The van der Waals surface area contributed by atoms with Crippen LogP contribution in [-0.2, 0) is 4.79 Å². The fraction of sp³-hybridized carbons (Fsp3) is 0.250. The number of pyridine rings is 1. The second kappa shape index (κ2) is 7.40. The molecule has 1 atom stereocenters. The predicted octanol–water partition coefficient (Wildman–Crippen LogP) is 2.89. The van der Waals surface area contributed by atoms with Gasteiger partial charge in [0, 0.05) is 18.2 Å². The van der Waals surface area contributed by atoms with Crippen LogP contribution in [0.5, 0.6) is 0 Å². The van der Waals surface area contributed by atoms with Crippen molar-refractivity contribution in [2.45, 2.75) is 25.8 Å². The maximum absolute atomic E-state index is 11.7. The van der Waals surface area contributed by atoms with Crippen molar-refractivity contribution >= 4 is 23.1 Å². The Morgan fingerprint density at radius 3 is 2.57 bits per heavy atom. The number of carbonyl (C=O) groups is 1. The number of nitrogens with one attached hydrogen (secondary N) is 2. The number of anilines is 3. The quantitative estimate of drug-likeness (QED) is 0.762. The summed E-state index contributed by atoms with van der Waals surface area (Å²) < 4.78 is 0. The van der Waals surface area contributed by atoms with Crippen molar-refractivity contribution in [2.75, 3.05) is 10.6 Å². The van der Waals surface area contributed by atoms with Crippen molar-refractivity contribution in [1.29, 1.82) is 0 Å². The lowest BCUT2D eigenvalue weighted by Crippen LogP contribution is -2.19. The first-order valence-electron chi connectivity index (χ1n) is 6.97. The molecule has 21 heavy (non-hydrogen) atoms. The summed E-state index contributed by atoms with van der Waals surface area (Å²) >= 11 is 0. The van der Waals surface area contributed by atoms with Crippen LogP contribution in [0.25, 0.3) is 0 Å². The van der Waals surface area contributed by atoms with E-state index in [4.69, 9.17) is 5.73 Å². The molecule has 0 aliphatic heterocycles. The SMILES string of the molecule is CC(N)CCC(=O)Nc1ccc(Nc2ccccc2)nc1. The van der Waals surface area contributed by atoms with Crippen LogP contribution in [0.3, 0.4) is 0 Å². The first-order chi connectivity index (χ1) is 10.1. The van der Waals surface area contributed by atoms with E-state index in [1.54, 1.807) is 6.20 Å². The van der Waals surface area contributed by atoms with E-state index in [0.717, 1.165) is 11.5 Å². The van der Waals surface area contributed by atoms with Crippen LogP contribution in [0, 0.1) is 0 Å². The van der Waals surface area contributed by atoms with Crippen molar-refractivity contribution in [3.05, 3.63) is 48.7 Å². The van der Waals surface area contributed by atoms with E-state index in [9.17, 15) is 4.79 Å². The van der Waals surface area contributed by atoms with Crippen LogP contribution in [-0.4, -0.2) is 16.9 Å². The molecule has 1 amide bonds. The highest BCUT2D eigenvalue weighted by atomic mass is 16.1. The van der Waals surface area contributed by atoms with E-state index in [1.165, 1.54) is 0 Å². The zero-order valence-corrected chi connectivity index (χ0v) is 12.0. The molecule has 1 aromatic heterocycles. The molecule has 2 aromatic rings. The number of para-hydroxylation sites is 1. The lowest BCUT2D eigenvalue weighted by atomic mass is 10.2. The van der Waals surface area contributed by atoms with Crippen LogP contribution >= 0.6 is 0 Å². The maximum atomic E-state index is 11.7. The summed E-state index contributed by atoms with van der Waals surface area (Å²) in [6.07, 6.45) is 2.73. The Balaban J connectivity index is 1.88. The molecular formula is C16H20N4O. The molecule has 1 heterocycles. The molecule has 0 radical (unpaired) electrons. The Hall–Kier alpha value is -2.40. The molecule has 5 heteroatoms. The van der Waals surface area contributed by atoms with E-state index in [1.807, 2.05) is 49.4 Å². The van der Waals surface area contributed by atoms with E-state index in [0.29, 0.717) is 18.5 Å². The van der Waals surface area contributed by atoms with Crippen molar-refractivity contribution in [1.82, 2.24) is 4.98 Å². The monoisotopic (exact) mass is 284 g/mol. The van der Waals surface area contributed by atoms with E-state index in [2.05, 4.69) is 15.6 Å². The summed E-state index contributed by atoms with van der Waals surface area (Å²) in [6.45, 7) is 1.89. The molecular weight excluding hydrogens is 264 g/mol. The zero-order chi connectivity index (χ0) is 15.1. The van der Waals surface area contributed by atoms with Gasteiger partial charge in [0.05, 0.1) is 11.9 Å². The highest BCUT2D eigenvalue weighted by Crippen LogP contribution is 2.15. The van der Waals surface area contributed by atoms with Gasteiger partial charge in [0.15, 0.2) is 0 Å². The van der Waals surface area contributed by atoms with Gasteiger partial charge in [-0.15, -0.1) is 0 Å². The largest absolute Gasteiger partial charge is 0.340 e. The molecule has 0 saturated heterocycles. The maximum Gasteiger partial charge on any atom is 0.224 e. The van der Waals surface area contributed by atoms with Crippen LogP contribution in [0.1, 0.15) is 19.8 Å². The number of rotatable bonds is 6. The average molecular weight is 284 g/mol. The zero-order valence-electron chi connectivity index (χ0n) is 12.0. The average Bonchev–Trinajstić information content (AvgIpc) is 2.48. The summed E-state index contributed by atoms with van der Waals surface area (Å²) in [5.41, 5.74) is 7.28. The lowest BCUT2D eigenvalue weighted by molar-refractivity contribution is -0.116. The third-order valence-corrected chi connectivity index (χ3v) is 2.92. The molecule has 0 aliphatic rings. The fourth-order valence-corrected chi connectivity index (χ4v) is 1.79. The van der Waals surface area contributed by atoms with Crippen LogP contribution < -0.4 is 16.4 Å². The Morgan fingerprint density at radius 1 is 1.19 bits per heavy atom. The smallest absolute Gasteiger partial charge is 0.224 e. The molecule has 5 nitrogen and oxygen atoms in total. The van der Waals surface area contributed by atoms with Gasteiger partial charge in [-0.2, -0.15) is 0 Å². The summed E-state index contributed by atoms with van der Waals surface area (Å²) in [4.78, 5) is 16.0. The Bertz CT molecular complexity index is 567. The van der Waals surface area contributed by atoms with Crippen LogP contribution in [0.2, 0.25) is 0 Å². The molecule has 0 aliphatic carbocycles. The third-order valence-electron chi connectivity index (χ3n) is 2.92. The summed E-state index contributed by atoms with van der Waals surface area (Å²) in [5.74, 6) is 0.688. The number of nitrogens with two attached hydrogens (primary N) is 1. The summed E-state index contributed by atoms with van der Waals surface area (Å²) in [7, 11) is 0. The Kier molecular flexibility index (Phi) is 5.29. The minimum absolute atomic E-state index is 0.0336. The van der Waals surface area contributed by atoms with Crippen molar-refractivity contribution < 1.29 is 4.79 Å². The van der Waals surface area contributed by atoms with Crippen molar-refractivity contribution in [2.24, 2.45) is 5.73 Å². The van der Waals surface area contributed by atoms with Gasteiger partial charge in [0.1, 0.15) is 5.82 Å². The standard InChI is InChI=1S/C16H20N4O/c1-12(17)7-10-16(21)20-14-8-9-15(18-11-14)19-13-5-3-2-4-6-13/h2-6,8-9,11-12H,7,10,17H2,1H3,(H,18,19)(H,20,21). The summed E-state index contributed by atoms with van der Waals surface area (Å²) in [6, 6.07) is 13.5. The molecule has 0 fully saturated rings.